The Labute approximate surface area is 85.1 Å². The summed E-state index contributed by atoms with van der Waals surface area (Å²) in [6, 6.07) is 8.17. The Bertz CT molecular complexity index is 307. The first-order valence-electron chi connectivity index (χ1n) is 5.19. The summed E-state index contributed by atoms with van der Waals surface area (Å²) in [5, 5.41) is 0. The van der Waals surface area contributed by atoms with Gasteiger partial charge in [0, 0.05) is 11.6 Å². The first kappa shape index (κ1) is 9.53. The molecule has 1 unspecified atom stereocenters. The van der Waals surface area contributed by atoms with E-state index < -0.39 is 0 Å². The Morgan fingerprint density at radius 3 is 2.79 bits per heavy atom. The van der Waals surface area contributed by atoms with Crippen molar-refractivity contribution in [2.24, 2.45) is 11.7 Å². The normalized spacial score (nSPS) is 17.9. The first-order valence-corrected chi connectivity index (χ1v) is 5.19. The van der Waals surface area contributed by atoms with Gasteiger partial charge in [0.1, 0.15) is 5.75 Å². The summed E-state index contributed by atoms with van der Waals surface area (Å²) in [7, 11) is 1.70. The lowest BCUT2D eigenvalue weighted by atomic mass is 10.0. The van der Waals surface area contributed by atoms with Crippen LogP contribution in [0.25, 0.3) is 0 Å². The van der Waals surface area contributed by atoms with Gasteiger partial charge in [0.15, 0.2) is 0 Å². The van der Waals surface area contributed by atoms with Gasteiger partial charge in [-0.3, -0.25) is 0 Å². The lowest BCUT2D eigenvalue weighted by Gasteiger charge is -2.14. The third-order valence-corrected chi connectivity index (χ3v) is 2.82. The minimum atomic E-state index is 0.138. The second-order valence-electron chi connectivity index (χ2n) is 4.03. The summed E-state index contributed by atoms with van der Waals surface area (Å²) in [5.41, 5.74) is 7.27. The van der Waals surface area contributed by atoms with Crippen LogP contribution in [-0.2, 0) is 0 Å². The summed E-state index contributed by atoms with van der Waals surface area (Å²) in [6.45, 7) is 0. The van der Waals surface area contributed by atoms with Crippen LogP contribution in [0.5, 0.6) is 5.75 Å². The number of hydrogen-bond donors (Lipinski definition) is 1. The number of methoxy groups -OCH3 is 1. The maximum atomic E-state index is 6.13. The summed E-state index contributed by atoms with van der Waals surface area (Å²) in [5.74, 6) is 1.77. The van der Waals surface area contributed by atoms with Gasteiger partial charge >= 0.3 is 0 Å². The Kier molecular flexibility index (Phi) is 2.73. The molecule has 0 radical (unpaired) electrons. The number of para-hydroxylation sites is 1. The van der Waals surface area contributed by atoms with Crippen molar-refractivity contribution in [3.05, 3.63) is 29.8 Å². The maximum absolute atomic E-state index is 6.13. The van der Waals surface area contributed by atoms with E-state index in [9.17, 15) is 0 Å². The molecule has 0 bridgehead atoms. The summed E-state index contributed by atoms with van der Waals surface area (Å²) in [4.78, 5) is 0. The monoisotopic (exact) mass is 191 g/mol. The number of rotatable bonds is 4. The van der Waals surface area contributed by atoms with Crippen molar-refractivity contribution in [3.63, 3.8) is 0 Å². The van der Waals surface area contributed by atoms with Gasteiger partial charge in [0.2, 0.25) is 0 Å². The molecule has 1 saturated carbocycles. The molecule has 1 aromatic carbocycles. The predicted molar refractivity (Wildman–Crippen MR) is 57.3 cm³/mol. The van der Waals surface area contributed by atoms with E-state index in [2.05, 4.69) is 6.07 Å². The Morgan fingerprint density at radius 2 is 2.14 bits per heavy atom. The lowest BCUT2D eigenvalue weighted by Crippen LogP contribution is -2.12. The molecular formula is C12H17NO. The molecule has 76 valence electrons. The summed E-state index contributed by atoms with van der Waals surface area (Å²) in [6.07, 6.45) is 3.80. The number of ether oxygens (including phenoxy) is 1. The molecule has 0 aromatic heterocycles. The van der Waals surface area contributed by atoms with E-state index in [1.165, 1.54) is 12.8 Å². The Hall–Kier alpha value is -1.02. The van der Waals surface area contributed by atoms with Crippen molar-refractivity contribution < 1.29 is 4.74 Å². The molecule has 2 nitrogen and oxygen atoms in total. The molecule has 0 heterocycles. The van der Waals surface area contributed by atoms with Crippen LogP contribution in [0.3, 0.4) is 0 Å². The zero-order valence-electron chi connectivity index (χ0n) is 8.57. The highest BCUT2D eigenvalue weighted by Crippen LogP contribution is 2.38. The fourth-order valence-electron chi connectivity index (χ4n) is 1.81. The number of nitrogens with two attached hydrogens (primary N) is 1. The first-order chi connectivity index (χ1) is 6.81. The van der Waals surface area contributed by atoms with Gasteiger partial charge in [-0.1, -0.05) is 31.0 Å². The van der Waals surface area contributed by atoms with Crippen molar-refractivity contribution in [2.45, 2.75) is 25.3 Å². The van der Waals surface area contributed by atoms with Crippen LogP contribution in [0, 0.1) is 5.92 Å². The molecule has 1 fully saturated rings. The van der Waals surface area contributed by atoms with Crippen molar-refractivity contribution in [3.8, 4) is 5.75 Å². The fraction of sp³-hybridized carbons (Fsp3) is 0.500. The zero-order valence-corrected chi connectivity index (χ0v) is 8.57. The van der Waals surface area contributed by atoms with E-state index >= 15 is 0 Å². The molecule has 0 spiro atoms. The molecular weight excluding hydrogens is 174 g/mol. The predicted octanol–water partition coefficient (Wildman–Crippen LogP) is 2.50. The minimum absolute atomic E-state index is 0.138. The Morgan fingerprint density at radius 1 is 1.43 bits per heavy atom. The van der Waals surface area contributed by atoms with Crippen molar-refractivity contribution in [1.29, 1.82) is 0 Å². The van der Waals surface area contributed by atoms with Crippen LogP contribution < -0.4 is 10.5 Å². The molecule has 0 aliphatic heterocycles. The van der Waals surface area contributed by atoms with Crippen LogP contribution in [-0.4, -0.2) is 7.11 Å². The topological polar surface area (TPSA) is 35.2 Å². The maximum Gasteiger partial charge on any atom is 0.123 e. The second kappa shape index (κ2) is 4.01. The van der Waals surface area contributed by atoms with Gasteiger partial charge in [0.05, 0.1) is 7.11 Å². The van der Waals surface area contributed by atoms with Crippen LogP contribution in [0.15, 0.2) is 24.3 Å². The van der Waals surface area contributed by atoms with E-state index in [0.717, 1.165) is 23.7 Å². The van der Waals surface area contributed by atoms with Crippen molar-refractivity contribution >= 4 is 0 Å². The van der Waals surface area contributed by atoms with E-state index in [4.69, 9.17) is 10.5 Å². The SMILES string of the molecule is COc1ccccc1C(N)CC1CC1. The van der Waals surface area contributed by atoms with Gasteiger partial charge in [0.25, 0.3) is 0 Å². The van der Waals surface area contributed by atoms with Crippen LogP contribution in [0.2, 0.25) is 0 Å². The number of benzene rings is 1. The highest BCUT2D eigenvalue weighted by Gasteiger charge is 2.25. The van der Waals surface area contributed by atoms with E-state index in [1.54, 1.807) is 7.11 Å². The quantitative estimate of drug-likeness (QED) is 0.793. The molecule has 0 amide bonds. The lowest BCUT2D eigenvalue weighted by molar-refractivity contribution is 0.403. The largest absolute Gasteiger partial charge is 0.496 e. The molecule has 1 aromatic rings. The van der Waals surface area contributed by atoms with Crippen LogP contribution in [0.1, 0.15) is 30.9 Å². The minimum Gasteiger partial charge on any atom is -0.496 e. The van der Waals surface area contributed by atoms with E-state index in [0.29, 0.717) is 0 Å². The molecule has 1 atom stereocenters. The Balaban J connectivity index is 2.11. The average Bonchev–Trinajstić information content (AvgIpc) is 3.01. The van der Waals surface area contributed by atoms with E-state index in [1.807, 2.05) is 18.2 Å². The average molecular weight is 191 g/mol. The van der Waals surface area contributed by atoms with Crippen molar-refractivity contribution in [2.75, 3.05) is 7.11 Å². The third-order valence-electron chi connectivity index (χ3n) is 2.82. The zero-order chi connectivity index (χ0) is 9.97. The molecule has 1 aliphatic carbocycles. The van der Waals surface area contributed by atoms with Gasteiger partial charge in [-0.05, 0) is 18.4 Å². The highest BCUT2D eigenvalue weighted by atomic mass is 16.5. The van der Waals surface area contributed by atoms with E-state index in [-0.39, 0.29) is 6.04 Å². The summed E-state index contributed by atoms with van der Waals surface area (Å²) >= 11 is 0. The highest BCUT2D eigenvalue weighted by molar-refractivity contribution is 5.35. The molecule has 0 saturated heterocycles. The van der Waals surface area contributed by atoms with Crippen LogP contribution in [0.4, 0.5) is 0 Å². The summed E-state index contributed by atoms with van der Waals surface area (Å²) < 4.78 is 5.29. The van der Waals surface area contributed by atoms with Gasteiger partial charge in [-0.2, -0.15) is 0 Å². The molecule has 2 heteroatoms. The molecule has 1 aliphatic rings. The molecule has 2 N–H and O–H groups in total. The van der Waals surface area contributed by atoms with Gasteiger partial charge in [-0.15, -0.1) is 0 Å². The second-order valence-corrected chi connectivity index (χ2v) is 4.03. The van der Waals surface area contributed by atoms with Gasteiger partial charge in [-0.25, -0.2) is 0 Å². The van der Waals surface area contributed by atoms with Crippen LogP contribution >= 0.6 is 0 Å². The number of hydrogen-bond acceptors (Lipinski definition) is 2. The standard InChI is InChI=1S/C12H17NO/c1-14-12-5-3-2-4-10(12)11(13)8-9-6-7-9/h2-5,9,11H,6-8,13H2,1H3. The molecule has 2 rings (SSSR count). The molecule has 14 heavy (non-hydrogen) atoms. The smallest absolute Gasteiger partial charge is 0.123 e. The third kappa shape index (κ3) is 2.07. The van der Waals surface area contributed by atoms with Gasteiger partial charge < -0.3 is 10.5 Å². The van der Waals surface area contributed by atoms with Crippen molar-refractivity contribution in [1.82, 2.24) is 0 Å². The fourth-order valence-corrected chi connectivity index (χ4v) is 1.81.